The molecule has 1 aromatic carbocycles. The molecule has 130 valence electrons. The number of ether oxygens (including phenoxy) is 1. The zero-order chi connectivity index (χ0) is 18.8. The second-order valence-electron chi connectivity index (χ2n) is 9.35. The van der Waals surface area contributed by atoms with E-state index in [4.69, 9.17) is 4.74 Å². The summed E-state index contributed by atoms with van der Waals surface area (Å²) in [7, 11) is -1.19. The van der Waals surface area contributed by atoms with Gasteiger partial charge in [0.25, 0.3) is 0 Å². The number of rotatable bonds is 1. The normalized spacial score (nSPS) is 11.9. The summed E-state index contributed by atoms with van der Waals surface area (Å²) < 4.78 is 5.70. The van der Waals surface area contributed by atoms with E-state index in [1.165, 1.54) is 5.56 Å². The Kier molecular flexibility index (Phi) is 6.20. The van der Waals surface area contributed by atoms with Crippen LogP contribution in [0, 0.1) is 22.9 Å². The summed E-state index contributed by atoms with van der Waals surface area (Å²) in [6.45, 7) is 20.2. The third-order valence-electron chi connectivity index (χ3n) is 3.30. The lowest BCUT2D eigenvalue weighted by molar-refractivity contribution is 0.411. The van der Waals surface area contributed by atoms with E-state index in [9.17, 15) is 0 Å². The van der Waals surface area contributed by atoms with Crippen LogP contribution in [0.15, 0.2) is 12.1 Å². The second-order valence-corrected chi connectivity index (χ2v) is 18.9. The van der Waals surface area contributed by atoms with Gasteiger partial charge in [0.05, 0.1) is 18.2 Å². The van der Waals surface area contributed by atoms with Crippen molar-refractivity contribution in [1.29, 1.82) is 0 Å². The van der Waals surface area contributed by atoms with Crippen molar-refractivity contribution in [3.63, 3.8) is 0 Å². The van der Waals surface area contributed by atoms with Crippen molar-refractivity contribution in [2.24, 2.45) is 0 Å². The topological polar surface area (TPSA) is 9.23 Å². The highest BCUT2D eigenvalue weighted by Gasteiger charge is 2.19. The molecule has 24 heavy (non-hydrogen) atoms. The lowest BCUT2D eigenvalue weighted by Gasteiger charge is -2.21. The Morgan fingerprint density at radius 2 is 1.17 bits per heavy atom. The standard InChI is InChI=1S/C21H32OSi2/c1-21(2,3)19-15-17(11-13-23(5,6)7)20(22-4)18(16-19)12-14-24(8,9)10/h15-16H,1-10H3. The maximum absolute atomic E-state index is 5.70. The fourth-order valence-electron chi connectivity index (χ4n) is 1.98. The molecule has 0 aromatic heterocycles. The maximum Gasteiger partial charge on any atom is 0.150 e. The summed E-state index contributed by atoms with van der Waals surface area (Å²) in [5.74, 6) is 7.59. The van der Waals surface area contributed by atoms with Crippen molar-refractivity contribution < 1.29 is 4.74 Å². The molecule has 0 unspecified atom stereocenters. The summed E-state index contributed by atoms with van der Waals surface area (Å²) in [6.07, 6.45) is 0. The van der Waals surface area contributed by atoms with Gasteiger partial charge in [-0.2, -0.15) is 0 Å². The Balaban J connectivity index is 3.67. The van der Waals surface area contributed by atoms with Crippen molar-refractivity contribution >= 4 is 16.1 Å². The van der Waals surface area contributed by atoms with E-state index < -0.39 is 16.1 Å². The van der Waals surface area contributed by atoms with Crippen LogP contribution >= 0.6 is 0 Å². The van der Waals surface area contributed by atoms with E-state index in [0.29, 0.717) is 0 Å². The summed E-state index contributed by atoms with van der Waals surface area (Å²) in [4.78, 5) is 0. The van der Waals surface area contributed by atoms with Crippen LogP contribution in [0.2, 0.25) is 39.3 Å². The van der Waals surface area contributed by atoms with Crippen molar-refractivity contribution in [3.8, 4) is 28.7 Å². The first kappa shape index (κ1) is 20.6. The molecule has 0 atom stereocenters. The molecule has 0 saturated carbocycles. The minimum Gasteiger partial charge on any atom is -0.494 e. The third-order valence-corrected chi connectivity index (χ3v) is 5.05. The van der Waals surface area contributed by atoms with Crippen LogP contribution in [-0.2, 0) is 5.41 Å². The fourth-order valence-corrected chi connectivity index (χ4v) is 3.00. The smallest absolute Gasteiger partial charge is 0.150 e. The van der Waals surface area contributed by atoms with E-state index in [0.717, 1.165) is 16.9 Å². The molecule has 0 aliphatic carbocycles. The van der Waals surface area contributed by atoms with E-state index in [-0.39, 0.29) is 5.41 Å². The van der Waals surface area contributed by atoms with Crippen LogP contribution in [0.25, 0.3) is 0 Å². The van der Waals surface area contributed by atoms with Gasteiger partial charge < -0.3 is 4.74 Å². The molecular weight excluding hydrogens is 324 g/mol. The Hall–Kier alpha value is -1.43. The Morgan fingerprint density at radius 3 is 1.42 bits per heavy atom. The van der Waals surface area contributed by atoms with Gasteiger partial charge in [-0.25, -0.2) is 0 Å². The Morgan fingerprint density at radius 1 is 0.792 bits per heavy atom. The van der Waals surface area contributed by atoms with E-state index in [1.54, 1.807) is 7.11 Å². The molecule has 1 aromatic rings. The highest BCUT2D eigenvalue weighted by atomic mass is 28.3. The van der Waals surface area contributed by atoms with E-state index >= 15 is 0 Å². The van der Waals surface area contributed by atoms with Gasteiger partial charge in [0.1, 0.15) is 21.9 Å². The number of hydrogen-bond acceptors (Lipinski definition) is 1. The lowest BCUT2D eigenvalue weighted by Crippen LogP contribution is -2.17. The van der Waals surface area contributed by atoms with Crippen molar-refractivity contribution in [3.05, 3.63) is 28.8 Å². The van der Waals surface area contributed by atoms with Crippen molar-refractivity contribution in [1.82, 2.24) is 0 Å². The summed E-state index contributed by atoms with van der Waals surface area (Å²) >= 11 is 0. The zero-order valence-electron chi connectivity index (χ0n) is 17.1. The SMILES string of the molecule is COc1c(C#C[Si](C)(C)C)cc(C(C)(C)C)cc1C#C[Si](C)(C)C. The largest absolute Gasteiger partial charge is 0.494 e. The molecule has 0 heterocycles. The molecule has 0 aliphatic heterocycles. The summed E-state index contributed by atoms with van der Waals surface area (Å²) in [5, 5.41) is 0. The van der Waals surface area contributed by atoms with Crippen LogP contribution < -0.4 is 4.74 Å². The molecule has 0 saturated heterocycles. The minimum absolute atomic E-state index is 0.0530. The van der Waals surface area contributed by atoms with Gasteiger partial charge in [-0.15, -0.1) is 11.1 Å². The van der Waals surface area contributed by atoms with E-state index in [2.05, 4.69) is 95.1 Å². The van der Waals surface area contributed by atoms with Gasteiger partial charge in [-0.3, -0.25) is 0 Å². The van der Waals surface area contributed by atoms with Gasteiger partial charge in [0.2, 0.25) is 0 Å². The van der Waals surface area contributed by atoms with Crippen molar-refractivity contribution in [2.45, 2.75) is 65.5 Å². The predicted octanol–water partition coefficient (Wildman–Crippen LogP) is 5.45. The highest BCUT2D eigenvalue weighted by molar-refractivity contribution is 6.84. The van der Waals surface area contributed by atoms with Crippen LogP contribution in [0.5, 0.6) is 5.75 Å². The van der Waals surface area contributed by atoms with Gasteiger partial charge in [-0.05, 0) is 23.1 Å². The molecule has 0 fully saturated rings. The third kappa shape index (κ3) is 6.59. The van der Waals surface area contributed by atoms with Gasteiger partial charge in [0.15, 0.2) is 0 Å². The molecule has 0 amide bonds. The highest BCUT2D eigenvalue weighted by Crippen LogP contribution is 2.31. The van der Waals surface area contributed by atoms with Crippen LogP contribution in [0.1, 0.15) is 37.5 Å². The first-order valence-electron chi connectivity index (χ1n) is 8.52. The van der Waals surface area contributed by atoms with Gasteiger partial charge >= 0.3 is 0 Å². The Labute approximate surface area is 151 Å². The molecule has 0 aliphatic rings. The van der Waals surface area contributed by atoms with Gasteiger partial charge in [-0.1, -0.05) is 71.9 Å². The summed E-state index contributed by atoms with van der Waals surface area (Å²) in [6, 6.07) is 4.34. The molecule has 0 bridgehead atoms. The molecule has 3 heteroatoms. The quantitative estimate of drug-likeness (QED) is 0.480. The predicted molar refractivity (Wildman–Crippen MR) is 112 cm³/mol. The molecule has 0 radical (unpaired) electrons. The average Bonchev–Trinajstić information content (AvgIpc) is 2.39. The lowest BCUT2D eigenvalue weighted by atomic mass is 9.85. The molecule has 0 N–H and O–H groups in total. The Bertz CT molecular complexity index is 665. The van der Waals surface area contributed by atoms with Crippen LogP contribution in [-0.4, -0.2) is 23.3 Å². The van der Waals surface area contributed by atoms with E-state index in [1.807, 2.05) is 0 Å². The minimum atomic E-state index is -1.45. The molecule has 0 spiro atoms. The second kappa shape index (κ2) is 7.22. The summed E-state index contributed by atoms with van der Waals surface area (Å²) in [5.41, 5.74) is 10.2. The zero-order valence-corrected chi connectivity index (χ0v) is 19.1. The molecule has 1 nitrogen and oxygen atoms in total. The molecule has 1 rings (SSSR count). The first-order chi connectivity index (χ1) is 10.7. The monoisotopic (exact) mass is 356 g/mol. The fraction of sp³-hybridized carbons (Fsp3) is 0.524. The maximum atomic E-state index is 5.70. The number of benzene rings is 1. The van der Waals surface area contributed by atoms with Crippen molar-refractivity contribution in [2.75, 3.05) is 7.11 Å². The average molecular weight is 357 g/mol. The molecular formula is C21H32OSi2. The first-order valence-corrected chi connectivity index (χ1v) is 15.5. The van der Waals surface area contributed by atoms with Crippen LogP contribution in [0.4, 0.5) is 0 Å². The number of methoxy groups -OCH3 is 1. The van der Waals surface area contributed by atoms with Crippen LogP contribution in [0.3, 0.4) is 0 Å². The van der Waals surface area contributed by atoms with Gasteiger partial charge in [0, 0.05) is 0 Å². The number of hydrogen-bond donors (Lipinski definition) is 0.